The maximum Gasteiger partial charge on any atom is 0.318 e. The molecule has 5 N–H and O–H groups in total. The number of benzene rings is 1. The number of hydrogen-bond donors (Lipinski definition) is 3. The van der Waals surface area contributed by atoms with Gasteiger partial charge in [-0.1, -0.05) is 6.07 Å². The van der Waals surface area contributed by atoms with Gasteiger partial charge in [0.15, 0.2) is 0 Å². The fraction of sp³-hybridized carbons (Fsp3) is 0.200. The fourth-order valence-electron chi connectivity index (χ4n) is 1.07. The van der Waals surface area contributed by atoms with Gasteiger partial charge in [0, 0.05) is 22.8 Å². The smallest absolute Gasteiger partial charge is 0.318 e. The third-order valence-corrected chi connectivity index (χ3v) is 2.71. The lowest BCUT2D eigenvalue weighted by Crippen LogP contribution is -2.35. The van der Waals surface area contributed by atoms with Crippen LogP contribution in [0.1, 0.15) is 6.42 Å². The molecule has 0 aliphatic carbocycles. The van der Waals surface area contributed by atoms with Gasteiger partial charge in [-0.15, -0.1) is 11.8 Å². The molecule has 0 unspecified atom stereocenters. The van der Waals surface area contributed by atoms with Crippen LogP contribution >= 0.6 is 11.8 Å². The number of rotatable bonds is 4. The second-order valence-corrected chi connectivity index (χ2v) is 4.25. The minimum absolute atomic E-state index is 0.238. The van der Waals surface area contributed by atoms with Crippen molar-refractivity contribution in [1.82, 2.24) is 5.32 Å². The molecule has 0 heterocycles. The van der Waals surface area contributed by atoms with E-state index in [-0.39, 0.29) is 12.3 Å². The van der Waals surface area contributed by atoms with Crippen molar-refractivity contribution in [3.63, 3.8) is 0 Å². The molecule has 0 aliphatic rings. The maximum atomic E-state index is 11.1. The average molecular weight is 239 g/mol. The summed E-state index contributed by atoms with van der Waals surface area (Å²) in [6.45, 7) is 0. The zero-order valence-electron chi connectivity index (χ0n) is 8.60. The van der Waals surface area contributed by atoms with E-state index >= 15 is 0 Å². The molecule has 3 amide bonds. The molecule has 0 aromatic heterocycles. The number of nitrogens with one attached hydrogen (secondary N) is 1. The molecule has 0 radical (unpaired) electrons. The molecule has 0 saturated carbocycles. The first kappa shape index (κ1) is 12.4. The number of urea groups is 1. The summed E-state index contributed by atoms with van der Waals surface area (Å²) in [7, 11) is 0. The van der Waals surface area contributed by atoms with Gasteiger partial charge < -0.3 is 11.5 Å². The second-order valence-electron chi connectivity index (χ2n) is 3.08. The second kappa shape index (κ2) is 6.02. The minimum Gasteiger partial charge on any atom is -0.399 e. The van der Waals surface area contributed by atoms with Crippen LogP contribution in [0.25, 0.3) is 0 Å². The quantitative estimate of drug-likeness (QED) is 0.538. The molecular weight excluding hydrogens is 226 g/mol. The molecule has 0 saturated heterocycles. The molecule has 1 aromatic carbocycles. The van der Waals surface area contributed by atoms with E-state index in [4.69, 9.17) is 11.5 Å². The number of carbonyl (C=O) groups excluding carboxylic acids is 2. The first-order valence-corrected chi connectivity index (χ1v) is 5.64. The third-order valence-electron chi connectivity index (χ3n) is 1.72. The molecule has 0 atom stereocenters. The molecule has 86 valence electrons. The number of nitrogen functional groups attached to an aromatic ring is 1. The van der Waals surface area contributed by atoms with Crippen LogP contribution in [0, 0.1) is 0 Å². The largest absolute Gasteiger partial charge is 0.399 e. The van der Waals surface area contributed by atoms with Gasteiger partial charge in [-0.2, -0.15) is 0 Å². The molecular formula is C10H13N3O2S. The summed E-state index contributed by atoms with van der Waals surface area (Å²) in [6.07, 6.45) is 0.238. The highest BCUT2D eigenvalue weighted by molar-refractivity contribution is 7.99. The van der Waals surface area contributed by atoms with Gasteiger partial charge in [-0.05, 0) is 18.2 Å². The Bertz CT molecular complexity index is 395. The van der Waals surface area contributed by atoms with Gasteiger partial charge in [0.25, 0.3) is 0 Å². The SMILES string of the molecule is NC(=O)NC(=O)CCSc1cccc(N)c1. The number of hydrogen-bond acceptors (Lipinski definition) is 4. The lowest BCUT2D eigenvalue weighted by atomic mass is 10.3. The highest BCUT2D eigenvalue weighted by atomic mass is 32.2. The summed E-state index contributed by atoms with van der Waals surface area (Å²) < 4.78 is 0. The van der Waals surface area contributed by atoms with Gasteiger partial charge in [0.2, 0.25) is 5.91 Å². The Morgan fingerprint density at radius 2 is 2.12 bits per heavy atom. The van der Waals surface area contributed by atoms with Crippen molar-refractivity contribution in [3.8, 4) is 0 Å². The van der Waals surface area contributed by atoms with E-state index in [1.807, 2.05) is 23.5 Å². The highest BCUT2D eigenvalue weighted by Crippen LogP contribution is 2.20. The van der Waals surface area contributed by atoms with Crippen LogP contribution in [0.4, 0.5) is 10.5 Å². The van der Waals surface area contributed by atoms with Crippen LogP contribution in [0.15, 0.2) is 29.2 Å². The van der Waals surface area contributed by atoms with Crippen LogP contribution in [-0.2, 0) is 4.79 Å². The van der Waals surface area contributed by atoms with E-state index in [2.05, 4.69) is 0 Å². The van der Waals surface area contributed by atoms with Crippen molar-refractivity contribution >= 4 is 29.4 Å². The highest BCUT2D eigenvalue weighted by Gasteiger charge is 2.04. The molecule has 6 heteroatoms. The molecule has 1 aromatic rings. The number of carbonyl (C=O) groups is 2. The predicted molar refractivity (Wildman–Crippen MR) is 63.9 cm³/mol. The molecule has 16 heavy (non-hydrogen) atoms. The summed E-state index contributed by atoms with van der Waals surface area (Å²) in [6, 6.07) is 6.56. The monoisotopic (exact) mass is 239 g/mol. The summed E-state index contributed by atoms with van der Waals surface area (Å²) in [5.74, 6) is 0.201. The third kappa shape index (κ3) is 4.70. The molecule has 0 spiro atoms. The Kier molecular flexibility index (Phi) is 4.65. The molecule has 0 aliphatic heterocycles. The van der Waals surface area contributed by atoms with Gasteiger partial charge in [0.05, 0.1) is 0 Å². The number of anilines is 1. The molecule has 5 nitrogen and oxygen atoms in total. The number of thioether (sulfide) groups is 1. The van der Waals surface area contributed by atoms with E-state index in [0.717, 1.165) is 4.90 Å². The zero-order valence-corrected chi connectivity index (χ0v) is 9.42. The van der Waals surface area contributed by atoms with Gasteiger partial charge in [0.1, 0.15) is 0 Å². The van der Waals surface area contributed by atoms with Crippen LogP contribution in [-0.4, -0.2) is 17.7 Å². The Balaban J connectivity index is 2.30. The van der Waals surface area contributed by atoms with Crippen molar-refractivity contribution in [2.75, 3.05) is 11.5 Å². The lowest BCUT2D eigenvalue weighted by Gasteiger charge is -2.02. The van der Waals surface area contributed by atoms with E-state index in [9.17, 15) is 9.59 Å². The Morgan fingerprint density at radius 3 is 2.75 bits per heavy atom. The van der Waals surface area contributed by atoms with E-state index in [1.54, 1.807) is 6.07 Å². The first-order chi connectivity index (χ1) is 7.58. The summed E-state index contributed by atoms with van der Waals surface area (Å²) in [5.41, 5.74) is 11.1. The van der Waals surface area contributed by atoms with E-state index < -0.39 is 6.03 Å². The number of imide groups is 1. The zero-order chi connectivity index (χ0) is 12.0. The van der Waals surface area contributed by atoms with Gasteiger partial charge >= 0.3 is 6.03 Å². The Morgan fingerprint density at radius 1 is 1.38 bits per heavy atom. The normalized spacial score (nSPS) is 9.75. The van der Waals surface area contributed by atoms with E-state index in [1.165, 1.54) is 11.8 Å². The Labute approximate surface area is 97.6 Å². The lowest BCUT2D eigenvalue weighted by molar-refractivity contribution is -0.119. The van der Waals surface area contributed by atoms with Crippen molar-refractivity contribution in [2.24, 2.45) is 5.73 Å². The maximum absolute atomic E-state index is 11.1. The van der Waals surface area contributed by atoms with Crippen molar-refractivity contribution in [3.05, 3.63) is 24.3 Å². The summed E-state index contributed by atoms with van der Waals surface area (Å²) in [5, 5.41) is 2.00. The van der Waals surface area contributed by atoms with E-state index in [0.29, 0.717) is 11.4 Å². The molecule has 0 bridgehead atoms. The van der Waals surface area contributed by atoms with Crippen molar-refractivity contribution in [1.29, 1.82) is 0 Å². The predicted octanol–water partition coefficient (Wildman–Crippen LogP) is 0.946. The summed E-state index contributed by atoms with van der Waals surface area (Å²) in [4.78, 5) is 22.4. The van der Waals surface area contributed by atoms with Gasteiger partial charge in [-0.3, -0.25) is 10.1 Å². The number of primary amides is 1. The minimum atomic E-state index is -0.820. The van der Waals surface area contributed by atoms with Crippen LogP contribution in [0.5, 0.6) is 0 Å². The summed E-state index contributed by atoms with van der Waals surface area (Å²) >= 11 is 1.50. The average Bonchev–Trinajstić information content (AvgIpc) is 2.16. The van der Waals surface area contributed by atoms with Crippen molar-refractivity contribution in [2.45, 2.75) is 11.3 Å². The fourth-order valence-corrected chi connectivity index (χ4v) is 1.98. The van der Waals surface area contributed by atoms with Gasteiger partial charge in [-0.25, -0.2) is 4.79 Å². The first-order valence-electron chi connectivity index (χ1n) is 4.65. The topological polar surface area (TPSA) is 98.2 Å². The van der Waals surface area contributed by atoms with Crippen LogP contribution < -0.4 is 16.8 Å². The standard InChI is InChI=1S/C10H13N3O2S/c11-7-2-1-3-8(6-7)16-5-4-9(14)13-10(12)15/h1-3,6H,4-5,11H2,(H3,12,13,14,15). The van der Waals surface area contributed by atoms with Crippen molar-refractivity contribution < 1.29 is 9.59 Å². The Hall–Kier alpha value is -1.69. The number of nitrogens with two attached hydrogens (primary N) is 2. The molecule has 1 rings (SSSR count). The number of amides is 3. The molecule has 0 fully saturated rings. The van der Waals surface area contributed by atoms with Crippen LogP contribution in [0.3, 0.4) is 0 Å². The van der Waals surface area contributed by atoms with Crippen LogP contribution in [0.2, 0.25) is 0 Å².